The second-order valence-electron chi connectivity index (χ2n) is 5.83. The molecule has 3 aromatic rings. The largest absolute Gasteiger partial charge is 0.478 e. The highest BCUT2D eigenvalue weighted by Crippen LogP contribution is 2.23. The van der Waals surface area contributed by atoms with Gasteiger partial charge in [0.15, 0.2) is 0 Å². The number of hydrogen-bond donors (Lipinski definition) is 3. The number of hydrogen-bond acceptors (Lipinski definition) is 6. The van der Waals surface area contributed by atoms with Crippen LogP contribution < -0.4 is 5.32 Å². The first-order chi connectivity index (χ1) is 12.2. The molecule has 8 heteroatoms. The molecule has 0 bridgehead atoms. The number of aromatic nitrogens is 5. The van der Waals surface area contributed by atoms with Crippen molar-refractivity contribution in [2.75, 3.05) is 5.32 Å². The highest BCUT2D eigenvalue weighted by Gasteiger charge is 2.18. The zero-order chi connectivity index (χ0) is 17.2. The number of aromatic amines is 1. The Morgan fingerprint density at radius 1 is 1.20 bits per heavy atom. The zero-order valence-electron chi connectivity index (χ0n) is 13.4. The maximum Gasteiger partial charge on any atom is 0.335 e. The van der Waals surface area contributed by atoms with Crippen LogP contribution in [-0.4, -0.2) is 36.2 Å². The van der Waals surface area contributed by atoms with Crippen LogP contribution >= 0.6 is 0 Å². The van der Waals surface area contributed by atoms with Crippen LogP contribution in [0.15, 0.2) is 30.6 Å². The highest BCUT2D eigenvalue weighted by molar-refractivity contribution is 5.88. The van der Waals surface area contributed by atoms with Crippen molar-refractivity contribution in [1.29, 1.82) is 0 Å². The molecule has 3 N–H and O–H groups in total. The average Bonchev–Trinajstić information content (AvgIpc) is 3.24. The molecule has 0 fully saturated rings. The lowest BCUT2D eigenvalue weighted by atomic mass is 10.2. The average molecular weight is 336 g/mol. The van der Waals surface area contributed by atoms with Crippen molar-refractivity contribution in [2.24, 2.45) is 0 Å². The lowest BCUT2D eigenvalue weighted by Crippen LogP contribution is -2.06. The summed E-state index contributed by atoms with van der Waals surface area (Å²) < 4.78 is 0. The number of anilines is 1. The topological polar surface area (TPSA) is 117 Å². The van der Waals surface area contributed by atoms with Crippen LogP contribution in [0.4, 0.5) is 5.95 Å². The Hall–Kier alpha value is -3.29. The number of nitrogens with one attached hydrogen (secondary N) is 2. The van der Waals surface area contributed by atoms with E-state index in [2.05, 4.69) is 30.5 Å². The number of rotatable bonds is 5. The van der Waals surface area contributed by atoms with Crippen molar-refractivity contribution >= 4 is 11.9 Å². The molecule has 1 aliphatic carbocycles. The molecule has 3 aromatic heterocycles. The maximum atomic E-state index is 11.1. The molecule has 0 spiro atoms. The van der Waals surface area contributed by atoms with Gasteiger partial charge in [0.25, 0.3) is 0 Å². The van der Waals surface area contributed by atoms with Crippen molar-refractivity contribution in [1.82, 2.24) is 25.1 Å². The summed E-state index contributed by atoms with van der Waals surface area (Å²) in [6.07, 6.45) is 6.35. The van der Waals surface area contributed by atoms with Gasteiger partial charge in [-0.25, -0.2) is 14.8 Å². The van der Waals surface area contributed by atoms with E-state index in [9.17, 15) is 4.79 Å². The SMILES string of the molecule is O=C(O)c1ccnc(-c2ccnc(NCc3n[nH]c4c3CCC4)n2)c1. The predicted molar refractivity (Wildman–Crippen MR) is 90.2 cm³/mol. The van der Waals surface area contributed by atoms with Gasteiger partial charge in [-0.3, -0.25) is 10.1 Å². The molecule has 0 amide bonds. The zero-order valence-corrected chi connectivity index (χ0v) is 13.4. The summed E-state index contributed by atoms with van der Waals surface area (Å²) in [6, 6.07) is 4.64. The lowest BCUT2D eigenvalue weighted by molar-refractivity contribution is 0.0697. The van der Waals surface area contributed by atoms with Crippen LogP contribution in [0, 0.1) is 0 Å². The standard InChI is InChI=1S/C17H16N6O2/c24-16(25)10-4-6-18-14(8-10)13-5-7-19-17(21-13)20-9-15-11-2-1-3-12(11)22-23-15/h4-8H,1-3,9H2,(H,22,23)(H,24,25)(H,19,20,21). The number of pyridine rings is 1. The van der Waals surface area contributed by atoms with Gasteiger partial charge in [-0.1, -0.05) is 0 Å². The molecule has 0 saturated carbocycles. The van der Waals surface area contributed by atoms with Crippen LogP contribution in [0.25, 0.3) is 11.4 Å². The van der Waals surface area contributed by atoms with E-state index in [0.29, 0.717) is 23.9 Å². The van der Waals surface area contributed by atoms with Crippen molar-refractivity contribution in [3.63, 3.8) is 0 Å². The van der Waals surface area contributed by atoms with Crippen molar-refractivity contribution < 1.29 is 9.90 Å². The van der Waals surface area contributed by atoms with E-state index in [1.807, 2.05) is 0 Å². The molecule has 0 saturated heterocycles. The molecule has 126 valence electrons. The fourth-order valence-corrected chi connectivity index (χ4v) is 2.99. The van der Waals surface area contributed by atoms with E-state index in [1.165, 1.54) is 29.6 Å². The molecule has 0 aromatic carbocycles. The summed E-state index contributed by atoms with van der Waals surface area (Å²) in [5, 5.41) is 19.7. The molecule has 0 aliphatic heterocycles. The van der Waals surface area contributed by atoms with Crippen molar-refractivity contribution in [3.05, 3.63) is 53.1 Å². The predicted octanol–water partition coefficient (Wildman–Crippen LogP) is 2.06. The van der Waals surface area contributed by atoms with E-state index >= 15 is 0 Å². The number of carboxylic acids is 1. The lowest BCUT2D eigenvalue weighted by Gasteiger charge is -2.06. The monoisotopic (exact) mass is 336 g/mol. The molecule has 0 unspecified atom stereocenters. The number of H-pyrrole nitrogens is 1. The van der Waals surface area contributed by atoms with E-state index < -0.39 is 5.97 Å². The Bertz CT molecular complexity index is 936. The second-order valence-corrected chi connectivity index (χ2v) is 5.83. The first-order valence-electron chi connectivity index (χ1n) is 8.02. The van der Waals surface area contributed by atoms with E-state index in [4.69, 9.17) is 5.11 Å². The Kier molecular flexibility index (Phi) is 3.85. The molecular formula is C17H16N6O2. The Balaban J connectivity index is 1.53. The summed E-state index contributed by atoms with van der Waals surface area (Å²) in [5.74, 6) is -0.543. The maximum absolute atomic E-state index is 11.1. The van der Waals surface area contributed by atoms with Crippen molar-refractivity contribution in [3.8, 4) is 11.4 Å². The third-order valence-electron chi connectivity index (χ3n) is 4.23. The number of fused-ring (bicyclic) bond motifs is 1. The van der Waals surface area contributed by atoms with Gasteiger partial charge in [0.05, 0.1) is 29.2 Å². The van der Waals surface area contributed by atoms with E-state index in [-0.39, 0.29) is 5.56 Å². The Labute approximate surface area is 143 Å². The Morgan fingerprint density at radius 3 is 2.96 bits per heavy atom. The number of carboxylic acid groups (broad SMARTS) is 1. The van der Waals surface area contributed by atoms with Gasteiger partial charge in [-0.15, -0.1) is 0 Å². The number of aromatic carboxylic acids is 1. The number of aryl methyl sites for hydroxylation is 1. The molecular weight excluding hydrogens is 320 g/mol. The minimum Gasteiger partial charge on any atom is -0.478 e. The van der Waals surface area contributed by atoms with Gasteiger partial charge < -0.3 is 10.4 Å². The summed E-state index contributed by atoms with van der Waals surface area (Å²) in [7, 11) is 0. The molecule has 0 atom stereocenters. The Morgan fingerprint density at radius 2 is 2.08 bits per heavy atom. The van der Waals surface area contributed by atoms with Crippen LogP contribution in [-0.2, 0) is 19.4 Å². The van der Waals surface area contributed by atoms with Crippen LogP contribution in [0.3, 0.4) is 0 Å². The van der Waals surface area contributed by atoms with Crippen LogP contribution in [0.2, 0.25) is 0 Å². The molecule has 0 radical (unpaired) electrons. The molecule has 1 aliphatic rings. The van der Waals surface area contributed by atoms with Crippen LogP contribution in [0.1, 0.15) is 33.7 Å². The van der Waals surface area contributed by atoms with Gasteiger partial charge in [-0.05, 0) is 43.0 Å². The number of carbonyl (C=O) groups is 1. The first-order valence-corrected chi connectivity index (χ1v) is 8.02. The van der Waals surface area contributed by atoms with E-state index in [1.54, 1.807) is 12.3 Å². The molecule has 3 heterocycles. The summed E-state index contributed by atoms with van der Waals surface area (Å²) in [5.41, 5.74) is 4.73. The molecule has 8 nitrogen and oxygen atoms in total. The van der Waals surface area contributed by atoms with Gasteiger partial charge in [-0.2, -0.15) is 5.10 Å². The third kappa shape index (κ3) is 3.06. The van der Waals surface area contributed by atoms with E-state index in [0.717, 1.165) is 25.0 Å². The van der Waals surface area contributed by atoms with Gasteiger partial charge in [0, 0.05) is 18.1 Å². The smallest absolute Gasteiger partial charge is 0.335 e. The molecule has 25 heavy (non-hydrogen) atoms. The highest BCUT2D eigenvalue weighted by atomic mass is 16.4. The van der Waals surface area contributed by atoms with Crippen LogP contribution in [0.5, 0.6) is 0 Å². The van der Waals surface area contributed by atoms with Crippen molar-refractivity contribution in [2.45, 2.75) is 25.8 Å². The van der Waals surface area contributed by atoms with Gasteiger partial charge >= 0.3 is 5.97 Å². The van der Waals surface area contributed by atoms with Gasteiger partial charge in [0.2, 0.25) is 5.95 Å². The summed E-state index contributed by atoms with van der Waals surface area (Å²) >= 11 is 0. The number of nitrogens with zero attached hydrogens (tertiary/aromatic N) is 4. The fraction of sp³-hybridized carbons (Fsp3) is 0.235. The molecule has 4 rings (SSSR count). The minimum absolute atomic E-state index is 0.171. The fourth-order valence-electron chi connectivity index (χ4n) is 2.99. The first kappa shape index (κ1) is 15.3. The van der Waals surface area contributed by atoms with Gasteiger partial charge in [0.1, 0.15) is 0 Å². The summed E-state index contributed by atoms with van der Waals surface area (Å²) in [4.78, 5) is 23.9. The minimum atomic E-state index is -0.997. The quantitative estimate of drug-likeness (QED) is 0.653. The summed E-state index contributed by atoms with van der Waals surface area (Å²) in [6.45, 7) is 0.540. The normalized spacial score (nSPS) is 12.8. The third-order valence-corrected chi connectivity index (χ3v) is 4.23. The second kappa shape index (κ2) is 6.31.